The second-order valence-corrected chi connectivity index (χ2v) is 3.77. The fourth-order valence-corrected chi connectivity index (χ4v) is 1.49. The summed E-state index contributed by atoms with van der Waals surface area (Å²) in [6, 6.07) is 3.88. The average Bonchev–Trinajstić information content (AvgIpc) is 2.11. The summed E-state index contributed by atoms with van der Waals surface area (Å²) in [6.45, 7) is 0. The van der Waals surface area contributed by atoms with E-state index in [4.69, 9.17) is 23.2 Å². The van der Waals surface area contributed by atoms with Crippen molar-refractivity contribution >= 4 is 29.0 Å². The molecule has 1 aromatic carbocycles. The molecule has 0 aromatic heterocycles. The minimum Gasteiger partial charge on any atom is -0.289 e. The number of ketones is 1. The van der Waals surface area contributed by atoms with Gasteiger partial charge in [-0.2, -0.15) is 13.2 Å². The Morgan fingerprint density at radius 3 is 2.06 bits per heavy atom. The van der Waals surface area contributed by atoms with Gasteiger partial charge in [-0.25, -0.2) is 0 Å². The highest BCUT2D eigenvalue weighted by Crippen LogP contribution is 2.21. The monoisotopic (exact) mass is 268 g/mol. The highest BCUT2D eigenvalue weighted by Gasteiger charge is 2.22. The zero-order valence-electron chi connectivity index (χ0n) is 7.68. The molecule has 1 rings (SSSR count). The van der Waals surface area contributed by atoms with Gasteiger partial charge in [-0.1, -0.05) is 23.2 Å². The quantitative estimate of drug-likeness (QED) is 0.578. The van der Waals surface area contributed by atoms with Crippen molar-refractivity contribution in [1.82, 2.24) is 0 Å². The molecule has 0 unspecified atom stereocenters. The van der Waals surface area contributed by atoms with E-state index < -0.39 is 12.0 Å². The summed E-state index contributed by atoms with van der Waals surface area (Å²) in [7, 11) is 0. The first-order chi connectivity index (χ1) is 7.28. The number of hydrogen-bond acceptors (Lipinski definition) is 1. The van der Waals surface area contributed by atoms with Gasteiger partial charge in [0.2, 0.25) is 0 Å². The van der Waals surface area contributed by atoms with E-state index in [0.29, 0.717) is 6.08 Å². The van der Waals surface area contributed by atoms with Crippen LogP contribution in [0.3, 0.4) is 0 Å². The van der Waals surface area contributed by atoms with Crippen molar-refractivity contribution in [3.63, 3.8) is 0 Å². The van der Waals surface area contributed by atoms with Gasteiger partial charge < -0.3 is 0 Å². The maximum absolute atomic E-state index is 11.8. The van der Waals surface area contributed by atoms with Crippen LogP contribution >= 0.6 is 23.2 Å². The second-order valence-electron chi connectivity index (χ2n) is 2.90. The van der Waals surface area contributed by atoms with Crippen LogP contribution in [0, 0.1) is 0 Å². The predicted octanol–water partition coefficient (Wildman–Crippen LogP) is 4.29. The molecular formula is C10H5Cl2F3O. The molecule has 0 radical (unpaired) electrons. The molecule has 0 aliphatic heterocycles. The van der Waals surface area contributed by atoms with E-state index in [2.05, 4.69) is 0 Å². The largest absolute Gasteiger partial charge is 0.409 e. The Bertz CT molecular complexity index is 418. The smallest absolute Gasteiger partial charge is 0.289 e. The van der Waals surface area contributed by atoms with E-state index in [-0.39, 0.29) is 21.7 Å². The summed E-state index contributed by atoms with van der Waals surface area (Å²) in [6.07, 6.45) is -4.22. The summed E-state index contributed by atoms with van der Waals surface area (Å²) in [5.41, 5.74) is 0.0120. The van der Waals surface area contributed by atoms with Crippen molar-refractivity contribution < 1.29 is 18.0 Å². The van der Waals surface area contributed by atoms with E-state index in [0.717, 1.165) is 0 Å². The lowest BCUT2D eigenvalue weighted by molar-refractivity contribution is -0.0799. The Balaban J connectivity index is 2.93. The van der Waals surface area contributed by atoms with E-state index in [1.807, 2.05) is 0 Å². The van der Waals surface area contributed by atoms with E-state index in [9.17, 15) is 18.0 Å². The normalized spacial score (nSPS) is 12.1. The first kappa shape index (κ1) is 13.1. The van der Waals surface area contributed by atoms with E-state index >= 15 is 0 Å². The first-order valence-electron chi connectivity index (χ1n) is 4.04. The Morgan fingerprint density at radius 1 is 1.12 bits per heavy atom. The predicted molar refractivity (Wildman–Crippen MR) is 56.0 cm³/mol. The minimum absolute atomic E-state index is 0.0120. The molecule has 0 bridgehead atoms. The number of rotatable bonds is 2. The third-order valence-electron chi connectivity index (χ3n) is 1.57. The van der Waals surface area contributed by atoms with Crippen LogP contribution in [0.4, 0.5) is 13.2 Å². The molecule has 1 nitrogen and oxygen atoms in total. The highest BCUT2D eigenvalue weighted by molar-refractivity contribution is 6.35. The van der Waals surface area contributed by atoms with Gasteiger partial charge in [0.15, 0.2) is 5.78 Å². The number of carbonyl (C=O) groups excluding carboxylic acids is 1. The standard InChI is InChI=1S/C10H5Cl2F3O/c11-7-3-6(4-8(12)5-7)9(16)1-2-10(13,14)15/h1-5H. The average molecular weight is 269 g/mol. The van der Waals surface area contributed by atoms with Crippen LogP contribution in [0.15, 0.2) is 30.4 Å². The van der Waals surface area contributed by atoms with Gasteiger partial charge in [0.1, 0.15) is 0 Å². The molecule has 0 heterocycles. The number of halogens is 5. The van der Waals surface area contributed by atoms with Crippen LogP contribution < -0.4 is 0 Å². The topological polar surface area (TPSA) is 17.1 Å². The van der Waals surface area contributed by atoms with Crippen molar-refractivity contribution in [2.24, 2.45) is 0 Å². The van der Waals surface area contributed by atoms with Crippen LogP contribution in [0.2, 0.25) is 10.0 Å². The number of benzene rings is 1. The molecule has 0 atom stereocenters. The van der Waals surface area contributed by atoms with Crippen molar-refractivity contribution in [3.8, 4) is 0 Å². The third kappa shape index (κ3) is 4.24. The zero-order valence-corrected chi connectivity index (χ0v) is 9.20. The molecular weight excluding hydrogens is 264 g/mol. The van der Waals surface area contributed by atoms with E-state index in [1.165, 1.54) is 18.2 Å². The number of hydrogen-bond donors (Lipinski definition) is 0. The molecule has 0 aliphatic rings. The van der Waals surface area contributed by atoms with Crippen LogP contribution in [-0.4, -0.2) is 12.0 Å². The van der Waals surface area contributed by atoms with Gasteiger partial charge in [0.05, 0.1) is 0 Å². The van der Waals surface area contributed by atoms with Crippen LogP contribution in [0.5, 0.6) is 0 Å². The molecule has 0 fully saturated rings. The van der Waals surface area contributed by atoms with Gasteiger partial charge in [0.25, 0.3) is 0 Å². The summed E-state index contributed by atoms with van der Waals surface area (Å²) >= 11 is 11.2. The Morgan fingerprint density at radius 2 is 1.62 bits per heavy atom. The van der Waals surface area contributed by atoms with Gasteiger partial charge in [-0.3, -0.25) is 4.79 Å². The Hall–Kier alpha value is -1.00. The van der Waals surface area contributed by atoms with Crippen molar-refractivity contribution in [2.75, 3.05) is 0 Å². The number of allylic oxidation sites excluding steroid dienone is 2. The van der Waals surface area contributed by atoms with Crippen LogP contribution in [-0.2, 0) is 0 Å². The second kappa shape index (κ2) is 4.89. The molecule has 6 heteroatoms. The summed E-state index contributed by atoms with van der Waals surface area (Å²) in [4.78, 5) is 11.3. The summed E-state index contributed by atoms with van der Waals surface area (Å²) < 4.78 is 35.4. The van der Waals surface area contributed by atoms with Crippen molar-refractivity contribution in [3.05, 3.63) is 46.0 Å². The molecule has 0 N–H and O–H groups in total. The molecule has 0 aliphatic carbocycles. The third-order valence-corrected chi connectivity index (χ3v) is 2.01. The van der Waals surface area contributed by atoms with Crippen LogP contribution in [0.25, 0.3) is 0 Å². The lowest BCUT2D eigenvalue weighted by Gasteiger charge is -2.00. The van der Waals surface area contributed by atoms with Gasteiger partial charge >= 0.3 is 6.18 Å². The molecule has 0 saturated heterocycles. The lowest BCUT2D eigenvalue weighted by atomic mass is 10.1. The lowest BCUT2D eigenvalue weighted by Crippen LogP contribution is -2.03. The highest BCUT2D eigenvalue weighted by atomic mass is 35.5. The Labute approximate surface area is 99.5 Å². The van der Waals surface area contributed by atoms with Crippen molar-refractivity contribution in [2.45, 2.75) is 6.18 Å². The minimum atomic E-state index is -4.52. The Kier molecular flexibility index (Phi) is 3.99. The maximum Gasteiger partial charge on any atom is 0.409 e. The molecule has 0 spiro atoms. The van der Waals surface area contributed by atoms with Crippen LogP contribution in [0.1, 0.15) is 10.4 Å². The fraction of sp³-hybridized carbons (Fsp3) is 0.100. The molecule has 1 aromatic rings. The number of carbonyl (C=O) groups is 1. The van der Waals surface area contributed by atoms with Gasteiger partial charge in [-0.15, -0.1) is 0 Å². The SMILES string of the molecule is O=C(C=CC(F)(F)F)c1cc(Cl)cc(Cl)c1. The van der Waals surface area contributed by atoms with Gasteiger partial charge in [-0.05, 0) is 24.3 Å². The molecule has 16 heavy (non-hydrogen) atoms. The van der Waals surface area contributed by atoms with E-state index in [1.54, 1.807) is 0 Å². The van der Waals surface area contributed by atoms with Gasteiger partial charge in [0, 0.05) is 21.7 Å². The zero-order chi connectivity index (χ0) is 12.3. The first-order valence-corrected chi connectivity index (χ1v) is 4.80. The molecule has 0 amide bonds. The molecule has 0 saturated carbocycles. The fourth-order valence-electron chi connectivity index (χ4n) is 0.962. The number of alkyl halides is 3. The van der Waals surface area contributed by atoms with Crippen molar-refractivity contribution in [1.29, 1.82) is 0 Å². The maximum atomic E-state index is 11.8. The summed E-state index contributed by atoms with van der Waals surface area (Å²) in [5, 5.41) is 0.382. The summed E-state index contributed by atoms with van der Waals surface area (Å²) in [5.74, 6) is -0.804. The molecule has 86 valence electrons.